The number of nitrogens with zero attached hydrogens (tertiary/aromatic N) is 1. The maximum Gasteiger partial charge on any atom is 0.311 e. The van der Waals surface area contributed by atoms with Crippen LogP contribution in [0.15, 0.2) is 48.5 Å². The predicted molar refractivity (Wildman–Crippen MR) is 85.4 cm³/mol. The van der Waals surface area contributed by atoms with Crippen LogP contribution in [0.4, 0.5) is 10.1 Å². The fraction of sp³-hybridized carbons (Fsp3) is 0.167. The van der Waals surface area contributed by atoms with Crippen LogP contribution in [0.2, 0.25) is 0 Å². The van der Waals surface area contributed by atoms with Gasteiger partial charge in [-0.15, -0.1) is 0 Å². The number of nitrogens with one attached hydrogen (secondary N) is 1. The number of amides is 1. The fourth-order valence-corrected chi connectivity index (χ4v) is 1.96. The third kappa shape index (κ3) is 4.65. The van der Waals surface area contributed by atoms with Crippen molar-refractivity contribution in [3.63, 3.8) is 0 Å². The topological polar surface area (TPSA) is 79.2 Å². The molecule has 0 saturated heterocycles. The Labute approximate surface area is 138 Å². The maximum absolute atomic E-state index is 13.5. The molecule has 1 N–H and O–H groups in total. The monoisotopic (exact) mass is 326 g/mol. The van der Waals surface area contributed by atoms with Gasteiger partial charge in [0.05, 0.1) is 18.1 Å². The van der Waals surface area contributed by atoms with Crippen LogP contribution < -0.4 is 5.32 Å². The molecule has 122 valence electrons. The number of carbonyl (C=O) groups is 2. The van der Waals surface area contributed by atoms with E-state index in [1.54, 1.807) is 30.3 Å². The predicted octanol–water partition coefficient (Wildman–Crippen LogP) is 2.81. The van der Waals surface area contributed by atoms with Gasteiger partial charge in [-0.3, -0.25) is 9.59 Å². The van der Waals surface area contributed by atoms with Crippen LogP contribution in [0.3, 0.4) is 0 Å². The lowest BCUT2D eigenvalue weighted by Crippen LogP contribution is -2.30. The number of carbonyl (C=O) groups excluding carboxylic acids is 2. The number of rotatable bonds is 5. The summed E-state index contributed by atoms with van der Waals surface area (Å²) in [5.41, 5.74) is 1.16. The van der Waals surface area contributed by atoms with Gasteiger partial charge >= 0.3 is 5.97 Å². The molecule has 2 aromatic rings. The van der Waals surface area contributed by atoms with Crippen LogP contribution in [0, 0.1) is 17.1 Å². The molecule has 2 aromatic carbocycles. The Hall–Kier alpha value is -3.20. The Morgan fingerprint density at radius 1 is 1.21 bits per heavy atom. The highest BCUT2D eigenvalue weighted by Gasteiger charge is 2.19. The summed E-state index contributed by atoms with van der Waals surface area (Å²) in [5.74, 6) is -1.70. The number of hydrogen-bond acceptors (Lipinski definition) is 4. The molecule has 2 rings (SSSR count). The highest BCUT2D eigenvalue weighted by atomic mass is 19.1. The number of nitriles is 1. The second-order valence-corrected chi connectivity index (χ2v) is 5.08. The first kappa shape index (κ1) is 17.2. The first-order valence-corrected chi connectivity index (χ1v) is 7.23. The van der Waals surface area contributed by atoms with E-state index in [2.05, 4.69) is 5.32 Å². The molecule has 0 aliphatic carbocycles. The van der Waals surface area contributed by atoms with Crippen LogP contribution >= 0.6 is 0 Å². The second-order valence-electron chi connectivity index (χ2n) is 5.08. The minimum absolute atomic E-state index is 0.210. The van der Waals surface area contributed by atoms with Crippen LogP contribution in [-0.4, -0.2) is 18.0 Å². The van der Waals surface area contributed by atoms with Crippen LogP contribution in [0.5, 0.6) is 0 Å². The van der Waals surface area contributed by atoms with Gasteiger partial charge in [0, 0.05) is 5.69 Å². The summed E-state index contributed by atoms with van der Waals surface area (Å²) < 4.78 is 18.5. The summed E-state index contributed by atoms with van der Waals surface area (Å²) in [5, 5.41) is 11.3. The average Bonchev–Trinajstić information content (AvgIpc) is 2.57. The van der Waals surface area contributed by atoms with Crippen molar-refractivity contribution in [2.75, 3.05) is 5.32 Å². The van der Waals surface area contributed by atoms with Gasteiger partial charge in [-0.1, -0.05) is 18.2 Å². The van der Waals surface area contributed by atoms with Gasteiger partial charge in [-0.2, -0.15) is 5.26 Å². The molecule has 1 amide bonds. The Balaban J connectivity index is 1.89. The number of esters is 1. The van der Waals surface area contributed by atoms with Crippen molar-refractivity contribution in [3.05, 3.63) is 65.5 Å². The summed E-state index contributed by atoms with van der Waals surface area (Å²) in [4.78, 5) is 23.8. The van der Waals surface area contributed by atoms with Crippen molar-refractivity contribution >= 4 is 17.6 Å². The van der Waals surface area contributed by atoms with Crippen molar-refractivity contribution in [1.29, 1.82) is 5.26 Å². The molecule has 0 aliphatic rings. The van der Waals surface area contributed by atoms with E-state index in [-0.39, 0.29) is 12.0 Å². The zero-order valence-electron chi connectivity index (χ0n) is 13.0. The quantitative estimate of drug-likeness (QED) is 0.857. The minimum atomic E-state index is -1.03. The largest absolute Gasteiger partial charge is 0.452 e. The zero-order chi connectivity index (χ0) is 17.5. The maximum atomic E-state index is 13.5. The third-order valence-corrected chi connectivity index (χ3v) is 3.25. The molecule has 0 spiro atoms. The number of halogens is 1. The number of benzene rings is 2. The standard InChI is InChI=1S/C18H15FN2O3/c1-12(18(23)21-15-8-6-13(11-20)7-9-15)24-17(22)10-14-4-2-3-5-16(14)19/h2-9,12H,10H2,1H3,(H,21,23)/t12-/m0/s1. The van der Waals surface area contributed by atoms with E-state index in [9.17, 15) is 14.0 Å². The zero-order valence-corrected chi connectivity index (χ0v) is 13.0. The molecule has 0 aromatic heterocycles. The molecule has 0 saturated carbocycles. The normalized spacial score (nSPS) is 11.2. The number of ether oxygens (including phenoxy) is 1. The highest BCUT2D eigenvalue weighted by molar-refractivity contribution is 5.95. The molecular weight excluding hydrogens is 311 g/mol. The van der Waals surface area contributed by atoms with E-state index in [0.29, 0.717) is 11.3 Å². The second kappa shape index (κ2) is 7.88. The molecule has 6 heteroatoms. The SMILES string of the molecule is C[C@H](OC(=O)Cc1ccccc1F)C(=O)Nc1ccc(C#N)cc1. The van der Waals surface area contributed by atoms with E-state index < -0.39 is 23.8 Å². The summed E-state index contributed by atoms with van der Waals surface area (Å²) in [6.07, 6.45) is -1.28. The van der Waals surface area contributed by atoms with Crippen molar-refractivity contribution in [1.82, 2.24) is 0 Å². The Morgan fingerprint density at radius 2 is 1.88 bits per heavy atom. The third-order valence-electron chi connectivity index (χ3n) is 3.25. The van der Waals surface area contributed by atoms with Crippen molar-refractivity contribution in [2.24, 2.45) is 0 Å². The van der Waals surface area contributed by atoms with E-state index >= 15 is 0 Å². The van der Waals surface area contributed by atoms with Crippen molar-refractivity contribution in [3.8, 4) is 6.07 Å². The molecule has 0 fully saturated rings. The molecule has 0 aliphatic heterocycles. The van der Waals surface area contributed by atoms with E-state index in [1.165, 1.54) is 25.1 Å². The first-order chi connectivity index (χ1) is 11.5. The summed E-state index contributed by atoms with van der Waals surface area (Å²) in [7, 11) is 0. The molecule has 0 unspecified atom stereocenters. The molecule has 5 nitrogen and oxygen atoms in total. The van der Waals surface area contributed by atoms with Gasteiger partial charge in [-0.05, 0) is 42.8 Å². The van der Waals surface area contributed by atoms with Crippen molar-refractivity contribution in [2.45, 2.75) is 19.4 Å². The minimum Gasteiger partial charge on any atom is -0.452 e. The Kier molecular flexibility index (Phi) is 5.63. The lowest BCUT2D eigenvalue weighted by Gasteiger charge is -2.13. The van der Waals surface area contributed by atoms with Crippen LogP contribution in [0.25, 0.3) is 0 Å². The summed E-state index contributed by atoms with van der Waals surface area (Å²) >= 11 is 0. The Morgan fingerprint density at radius 3 is 2.50 bits per heavy atom. The first-order valence-electron chi connectivity index (χ1n) is 7.23. The van der Waals surface area contributed by atoms with Crippen LogP contribution in [0.1, 0.15) is 18.1 Å². The Bertz CT molecular complexity index is 782. The molecule has 24 heavy (non-hydrogen) atoms. The van der Waals surface area contributed by atoms with E-state index in [1.807, 2.05) is 6.07 Å². The van der Waals surface area contributed by atoms with Gasteiger partial charge < -0.3 is 10.1 Å². The summed E-state index contributed by atoms with van der Waals surface area (Å²) in [6, 6.07) is 14.1. The highest BCUT2D eigenvalue weighted by Crippen LogP contribution is 2.11. The fourth-order valence-electron chi connectivity index (χ4n) is 1.96. The van der Waals surface area contributed by atoms with Gasteiger partial charge in [0.25, 0.3) is 5.91 Å². The molecule has 0 bridgehead atoms. The smallest absolute Gasteiger partial charge is 0.311 e. The van der Waals surface area contributed by atoms with Gasteiger partial charge in [0.1, 0.15) is 5.82 Å². The molecule has 0 heterocycles. The van der Waals surface area contributed by atoms with Gasteiger partial charge in [0.15, 0.2) is 6.10 Å². The lowest BCUT2D eigenvalue weighted by molar-refractivity contribution is -0.152. The number of hydrogen-bond donors (Lipinski definition) is 1. The van der Waals surface area contributed by atoms with E-state index in [4.69, 9.17) is 10.00 Å². The summed E-state index contributed by atoms with van der Waals surface area (Å²) in [6.45, 7) is 1.43. The molecule has 1 atom stereocenters. The van der Waals surface area contributed by atoms with Gasteiger partial charge in [-0.25, -0.2) is 4.39 Å². The number of anilines is 1. The lowest BCUT2D eigenvalue weighted by atomic mass is 10.1. The molecule has 0 radical (unpaired) electrons. The molecular formula is C18H15FN2O3. The van der Waals surface area contributed by atoms with E-state index in [0.717, 1.165) is 0 Å². The van der Waals surface area contributed by atoms with Crippen LogP contribution in [-0.2, 0) is 20.7 Å². The van der Waals surface area contributed by atoms with Gasteiger partial charge in [0.2, 0.25) is 0 Å². The van der Waals surface area contributed by atoms with Crippen molar-refractivity contribution < 1.29 is 18.7 Å². The average molecular weight is 326 g/mol.